The molecule has 1 atom stereocenters. The Morgan fingerprint density at radius 2 is 1.90 bits per heavy atom. The first kappa shape index (κ1) is 19.9. The monoisotopic (exact) mass is 402 g/mol. The molecule has 30 heavy (non-hydrogen) atoms. The zero-order valence-electron chi connectivity index (χ0n) is 17.3. The Kier molecular flexibility index (Phi) is 5.65. The van der Waals surface area contributed by atoms with E-state index in [1.165, 1.54) is 0 Å². The molecule has 0 aliphatic carbocycles. The molecule has 1 N–H and O–H groups in total. The van der Waals surface area contributed by atoms with Gasteiger partial charge in [-0.2, -0.15) is 5.10 Å². The molecule has 4 rings (SSSR count). The van der Waals surface area contributed by atoms with Crippen LogP contribution in [0.5, 0.6) is 0 Å². The first-order valence-corrected chi connectivity index (χ1v) is 10.3. The molecule has 2 heterocycles. The second kappa shape index (κ2) is 8.53. The van der Waals surface area contributed by atoms with Crippen molar-refractivity contribution in [3.63, 3.8) is 0 Å². The average Bonchev–Trinajstić information content (AvgIpc) is 3.27. The van der Waals surface area contributed by atoms with E-state index < -0.39 is 6.04 Å². The molecule has 0 bridgehead atoms. The van der Waals surface area contributed by atoms with Crippen molar-refractivity contribution < 1.29 is 9.59 Å². The van der Waals surface area contributed by atoms with Crippen LogP contribution in [0.1, 0.15) is 31.4 Å². The van der Waals surface area contributed by atoms with Crippen LogP contribution in [0.25, 0.3) is 5.69 Å². The minimum absolute atomic E-state index is 0.0185. The third-order valence-corrected chi connectivity index (χ3v) is 5.34. The molecule has 3 aromatic rings. The normalized spacial score (nSPS) is 15.7. The van der Waals surface area contributed by atoms with Gasteiger partial charge in [0.25, 0.3) is 0 Å². The minimum atomic E-state index is -0.528. The molecule has 154 valence electrons. The molecule has 2 amide bonds. The number of hydrogen-bond donors (Lipinski definition) is 1. The highest BCUT2D eigenvalue weighted by Gasteiger charge is 2.34. The van der Waals surface area contributed by atoms with Gasteiger partial charge in [-0.15, -0.1) is 0 Å². The van der Waals surface area contributed by atoms with Crippen LogP contribution in [0.2, 0.25) is 0 Å². The number of aromatic nitrogens is 2. The van der Waals surface area contributed by atoms with Crippen LogP contribution in [-0.4, -0.2) is 32.5 Å². The maximum atomic E-state index is 13.2. The summed E-state index contributed by atoms with van der Waals surface area (Å²) in [5.74, 6) is 0.0910. The SMILES string of the molecule is CC(C)CC(=O)N1Cc2ccccc2CC1C(=O)Nc1cccc(-n2cccn2)c1. The summed E-state index contributed by atoms with van der Waals surface area (Å²) in [7, 11) is 0. The van der Waals surface area contributed by atoms with Gasteiger partial charge < -0.3 is 10.2 Å². The summed E-state index contributed by atoms with van der Waals surface area (Å²) < 4.78 is 1.74. The molecule has 0 saturated heterocycles. The topological polar surface area (TPSA) is 67.2 Å². The second-order valence-electron chi connectivity index (χ2n) is 8.10. The fourth-order valence-electron chi connectivity index (χ4n) is 3.86. The van der Waals surface area contributed by atoms with Crippen LogP contribution in [0, 0.1) is 5.92 Å². The molecular formula is C24H26N4O2. The van der Waals surface area contributed by atoms with E-state index in [9.17, 15) is 9.59 Å². The molecule has 1 unspecified atom stereocenters. The number of carbonyl (C=O) groups is 2. The van der Waals surface area contributed by atoms with Gasteiger partial charge in [-0.1, -0.05) is 44.2 Å². The average molecular weight is 402 g/mol. The van der Waals surface area contributed by atoms with Crippen LogP contribution in [0.3, 0.4) is 0 Å². The van der Waals surface area contributed by atoms with E-state index in [2.05, 4.69) is 10.4 Å². The smallest absolute Gasteiger partial charge is 0.247 e. The molecule has 2 aromatic carbocycles. The number of fused-ring (bicyclic) bond motifs is 1. The Morgan fingerprint density at radius 1 is 1.10 bits per heavy atom. The van der Waals surface area contributed by atoms with Gasteiger partial charge in [0.2, 0.25) is 11.8 Å². The highest BCUT2D eigenvalue weighted by atomic mass is 16.2. The number of nitrogens with one attached hydrogen (secondary N) is 1. The fraction of sp³-hybridized carbons (Fsp3) is 0.292. The molecular weight excluding hydrogens is 376 g/mol. The van der Waals surface area contributed by atoms with Gasteiger partial charge in [0.15, 0.2) is 0 Å². The summed E-state index contributed by atoms with van der Waals surface area (Å²) >= 11 is 0. The molecule has 1 aromatic heterocycles. The Morgan fingerprint density at radius 3 is 2.63 bits per heavy atom. The molecule has 6 nitrogen and oxygen atoms in total. The van der Waals surface area contributed by atoms with Crippen molar-refractivity contribution in [3.8, 4) is 5.69 Å². The maximum Gasteiger partial charge on any atom is 0.247 e. The number of benzene rings is 2. The van der Waals surface area contributed by atoms with Crippen molar-refractivity contribution in [1.29, 1.82) is 0 Å². The summed E-state index contributed by atoms with van der Waals surface area (Å²) in [5, 5.41) is 7.24. The summed E-state index contributed by atoms with van der Waals surface area (Å²) in [4.78, 5) is 27.9. The lowest BCUT2D eigenvalue weighted by atomic mass is 9.92. The Hall–Kier alpha value is -3.41. The predicted octanol–water partition coefficient (Wildman–Crippen LogP) is 3.81. The fourth-order valence-corrected chi connectivity index (χ4v) is 3.86. The summed E-state index contributed by atoms with van der Waals surface area (Å²) in [6.07, 6.45) is 4.51. The summed E-state index contributed by atoms with van der Waals surface area (Å²) in [6, 6.07) is 16.9. The van der Waals surface area contributed by atoms with Crippen LogP contribution >= 0.6 is 0 Å². The van der Waals surface area contributed by atoms with E-state index in [0.29, 0.717) is 25.1 Å². The molecule has 0 saturated carbocycles. The summed E-state index contributed by atoms with van der Waals surface area (Å²) in [6.45, 7) is 4.50. The maximum absolute atomic E-state index is 13.2. The predicted molar refractivity (Wildman–Crippen MR) is 116 cm³/mol. The van der Waals surface area contributed by atoms with Gasteiger partial charge in [0.1, 0.15) is 6.04 Å². The number of hydrogen-bond acceptors (Lipinski definition) is 3. The highest BCUT2D eigenvalue weighted by molar-refractivity contribution is 5.98. The largest absolute Gasteiger partial charge is 0.326 e. The van der Waals surface area contributed by atoms with Gasteiger partial charge >= 0.3 is 0 Å². The van der Waals surface area contributed by atoms with E-state index >= 15 is 0 Å². The van der Waals surface area contributed by atoms with Crippen LogP contribution < -0.4 is 5.32 Å². The first-order chi connectivity index (χ1) is 14.5. The minimum Gasteiger partial charge on any atom is -0.326 e. The van der Waals surface area contributed by atoms with Crippen molar-refractivity contribution in [2.45, 2.75) is 39.3 Å². The standard InChI is InChI=1S/C24H26N4O2/c1-17(2)13-23(29)27-16-19-8-4-3-7-18(19)14-22(27)24(30)26-20-9-5-10-21(15-20)28-12-6-11-25-28/h3-12,15,17,22H,13-14,16H2,1-2H3,(H,26,30). The Labute approximate surface area is 176 Å². The van der Waals surface area contributed by atoms with Crippen LogP contribution in [0.15, 0.2) is 67.0 Å². The quantitative estimate of drug-likeness (QED) is 0.706. The lowest BCUT2D eigenvalue weighted by Gasteiger charge is -2.36. The van der Waals surface area contributed by atoms with Gasteiger partial charge in [0.05, 0.1) is 5.69 Å². The number of anilines is 1. The van der Waals surface area contributed by atoms with Crippen molar-refractivity contribution in [1.82, 2.24) is 14.7 Å². The molecule has 1 aliphatic heterocycles. The Bertz CT molecular complexity index is 1040. The van der Waals surface area contributed by atoms with E-state index in [0.717, 1.165) is 16.8 Å². The van der Waals surface area contributed by atoms with Gasteiger partial charge in [-0.05, 0) is 41.3 Å². The lowest BCUT2D eigenvalue weighted by Crippen LogP contribution is -2.50. The van der Waals surface area contributed by atoms with E-state index in [1.54, 1.807) is 15.8 Å². The highest BCUT2D eigenvalue weighted by Crippen LogP contribution is 2.26. The van der Waals surface area contributed by atoms with Crippen LogP contribution in [-0.2, 0) is 22.6 Å². The van der Waals surface area contributed by atoms with Gasteiger partial charge in [-0.25, -0.2) is 4.68 Å². The Balaban J connectivity index is 1.57. The molecule has 1 aliphatic rings. The first-order valence-electron chi connectivity index (χ1n) is 10.3. The third kappa shape index (κ3) is 4.27. The molecule has 0 radical (unpaired) electrons. The van der Waals surface area contributed by atoms with E-state index in [1.807, 2.05) is 74.6 Å². The lowest BCUT2D eigenvalue weighted by molar-refractivity contribution is -0.140. The summed E-state index contributed by atoms with van der Waals surface area (Å²) in [5.41, 5.74) is 3.78. The number of nitrogens with zero attached hydrogens (tertiary/aromatic N) is 3. The van der Waals surface area contributed by atoms with Crippen molar-refractivity contribution >= 4 is 17.5 Å². The third-order valence-electron chi connectivity index (χ3n) is 5.34. The molecule has 0 spiro atoms. The van der Waals surface area contributed by atoms with Crippen molar-refractivity contribution in [2.24, 2.45) is 5.92 Å². The van der Waals surface area contributed by atoms with Crippen molar-refractivity contribution in [2.75, 3.05) is 5.32 Å². The second-order valence-corrected chi connectivity index (χ2v) is 8.10. The molecule has 0 fully saturated rings. The zero-order valence-corrected chi connectivity index (χ0v) is 17.3. The number of carbonyl (C=O) groups excluding carboxylic acids is 2. The molecule has 6 heteroatoms. The van der Waals surface area contributed by atoms with Crippen LogP contribution in [0.4, 0.5) is 5.69 Å². The van der Waals surface area contributed by atoms with Crippen molar-refractivity contribution in [3.05, 3.63) is 78.1 Å². The van der Waals surface area contributed by atoms with Gasteiger partial charge in [0, 0.05) is 37.5 Å². The zero-order chi connectivity index (χ0) is 21.1. The number of rotatable bonds is 5. The van der Waals surface area contributed by atoms with E-state index in [-0.39, 0.29) is 17.7 Å². The number of amides is 2. The van der Waals surface area contributed by atoms with E-state index in [4.69, 9.17) is 0 Å². The van der Waals surface area contributed by atoms with Gasteiger partial charge in [-0.3, -0.25) is 9.59 Å².